The molecule has 1 aliphatic heterocycles. The quantitative estimate of drug-likeness (QED) is 0.0143. The maximum Gasteiger partial charge on any atom is 0.343 e. The van der Waals surface area contributed by atoms with Crippen LogP contribution in [0.2, 0.25) is 0 Å². The summed E-state index contributed by atoms with van der Waals surface area (Å²) in [6.45, 7) is 44.7. The average Bonchev–Trinajstić information content (AvgIpc) is 0.765. The minimum Gasteiger partial charge on any atom is -0.507 e. The van der Waals surface area contributed by atoms with Crippen molar-refractivity contribution in [3.05, 3.63) is 321 Å². The first-order valence-electron chi connectivity index (χ1n) is 47.0. The fourth-order valence-corrected chi connectivity index (χ4v) is 17.7. The molecule has 18 heteroatoms. The molecule has 10 aromatic carbocycles. The van der Waals surface area contributed by atoms with Gasteiger partial charge in [-0.05, 0) is 312 Å². The largest absolute Gasteiger partial charge is 0.507 e. The molecule has 12 rings (SSSR count). The van der Waals surface area contributed by atoms with Crippen LogP contribution >= 0.6 is 0 Å². The molecule has 11 aromatic rings. The van der Waals surface area contributed by atoms with Crippen molar-refractivity contribution < 1.29 is 58.8 Å². The smallest absolute Gasteiger partial charge is 0.343 e. The van der Waals surface area contributed by atoms with Crippen LogP contribution in [-0.4, -0.2) is 70.0 Å². The van der Waals surface area contributed by atoms with Crippen molar-refractivity contribution in [2.75, 3.05) is 13.2 Å². The van der Waals surface area contributed by atoms with Crippen LogP contribution in [0, 0.1) is 125 Å². The number of carbonyl (C=O) groups is 2. The molecule has 0 amide bonds. The van der Waals surface area contributed by atoms with Crippen molar-refractivity contribution in [1.29, 1.82) is 0 Å². The summed E-state index contributed by atoms with van der Waals surface area (Å²) in [7, 11) is 0. The van der Waals surface area contributed by atoms with E-state index in [-0.39, 0.29) is 65.1 Å². The number of rotatable bonds is 34. The van der Waals surface area contributed by atoms with Gasteiger partial charge < -0.3 is 49.2 Å². The Morgan fingerprint density at radius 1 is 0.344 bits per heavy atom. The first-order valence-corrected chi connectivity index (χ1v) is 47.0. The number of fused-ring (bicyclic) bond motifs is 1. The van der Waals surface area contributed by atoms with Crippen LogP contribution < -0.4 is 40.8 Å². The monoisotopic (exact) mass is 1780 g/mol. The number of ether oxygens (including phenoxy) is 5. The fourth-order valence-electron chi connectivity index (χ4n) is 17.7. The average molecular weight is 1780 g/mol. The SMILES string of the molecule is CCCCCCCCCCCCOc1ccc(C)cc1C.CCCCCCCCOc1c(C)cc2c(c1C)CCC(C)(C)O2.Cc1cc(C)c(O)c(Cc2cc(C)cc(C)c2OC(=O)c2ccc(C(=O)Oc3c(C)cc(C)cc3Cc3cc(C)cc(C)c3O)cc2)c1.Cc1cc(Cn2c(=O)n(Cc3cc(C)c(O)c(C)c3)c(=O)n(Cc3cc(C)c(O)c(C)c3)c2=O)cc(C)c1O. The summed E-state index contributed by atoms with van der Waals surface area (Å²) in [6, 6.07) is 40.6. The van der Waals surface area contributed by atoms with Gasteiger partial charge in [-0.15, -0.1) is 0 Å². The minimum atomic E-state index is -0.758. The van der Waals surface area contributed by atoms with Crippen molar-refractivity contribution in [2.45, 2.75) is 306 Å². The van der Waals surface area contributed by atoms with E-state index >= 15 is 0 Å². The molecule has 0 unspecified atom stereocenters. The van der Waals surface area contributed by atoms with Gasteiger partial charge in [0.05, 0.1) is 44.0 Å². The van der Waals surface area contributed by atoms with Crippen molar-refractivity contribution in [3.63, 3.8) is 0 Å². The molecule has 0 radical (unpaired) electrons. The summed E-state index contributed by atoms with van der Waals surface area (Å²) in [6.07, 6.45) is 24.5. The van der Waals surface area contributed by atoms with Crippen LogP contribution in [-0.2, 0) is 38.9 Å². The number of esters is 2. The number of unbranched alkanes of at least 4 members (excludes halogenated alkanes) is 14. The molecule has 0 saturated heterocycles. The molecule has 1 aromatic heterocycles. The highest BCUT2D eigenvalue weighted by atomic mass is 16.5. The van der Waals surface area contributed by atoms with Gasteiger partial charge in [0.2, 0.25) is 0 Å². The summed E-state index contributed by atoms with van der Waals surface area (Å²) in [5.41, 5.74) is 20.6. The molecule has 0 saturated carbocycles. The van der Waals surface area contributed by atoms with E-state index in [1.807, 2.05) is 104 Å². The van der Waals surface area contributed by atoms with E-state index in [4.69, 9.17) is 23.7 Å². The molecule has 0 atom stereocenters. The van der Waals surface area contributed by atoms with E-state index in [1.54, 1.807) is 102 Å². The van der Waals surface area contributed by atoms with Crippen LogP contribution in [0.15, 0.2) is 148 Å². The summed E-state index contributed by atoms with van der Waals surface area (Å²) in [4.78, 5) is 67.6. The summed E-state index contributed by atoms with van der Waals surface area (Å²) < 4.78 is 33.1. The molecule has 700 valence electrons. The Labute approximate surface area is 777 Å². The number of hydrogen-bond acceptors (Lipinski definition) is 15. The van der Waals surface area contributed by atoms with E-state index in [1.165, 1.54) is 124 Å². The highest BCUT2D eigenvalue weighted by Gasteiger charge is 2.30. The summed E-state index contributed by atoms with van der Waals surface area (Å²) in [5.74, 6) is 3.87. The van der Waals surface area contributed by atoms with Crippen LogP contribution in [0.4, 0.5) is 0 Å². The van der Waals surface area contributed by atoms with Crippen molar-refractivity contribution in [1.82, 2.24) is 13.7 Å². The summed E-state index contributed by atoms with van der Waals surface area (Å²) in [5, 5.41) is 52.0. The highest BCUT2D eigenvalue weighted by Crippen LogP contribution is 2.42. The molecule has 0 fully saturated rings. The number of nitrogens with zero attached hydrogens (tertiary/aromatic N) is 3. The van der Waals surface area contributed by atoms with E-state index in [2.05, 4.69) is 79.7 Å². The second-order valence-electron chi connectivity index (χ2n) is 37.3. The second-order valence-corrected chi connectivity index (χ2v) is 37.3. The van der Waals surface area contributed by atoms with E-state index in [0.29, 0.717) is 74.4 Å². The van der Waals surface area contributed by atoms with Crippen LogP contribution in [0.3, 0.4) is 0 Å². The molecular weight excluding hydrogens is 1640 g/mol. The Morgan fingerprint density at radius 3 is 1.02 bits per heavy atom. The number of aromatic nitrogens is 3. The van der Waals surface area contributed by atoms with Gasteiger partial charge in [0, 0.05) is 18.4 Å². The van der Waals surface area contributed by atoms with Crippen LogP contribution in [0.5, 0.6) is 57.5 Å². The zero-order chi connectivity index (χ0) is 95.8. The normalized spacial score (nSPS) is 11.9. The molecule has 0 spiro atoms. The number of hydrogen-bond donors (Lipinski definition) is 5. The summed E-state index contributed by atoms with van der Waals surface area (Å²) >= 11 is 0. The Bertz CT molecular complexity index is 5580. The van der Waals surface area contributed by atoms with Gasteiger partial charge in [-0.3, -0.25) is 0 Å². The molecule has 5 N–H and O–H groups in total. The Balaban J connectivity index is 0.000000208. The zero-order valence-electron chi connectivity index (χ0n) is 82.0. The number of benzene rings is 10. The predicted molar refractivity (Wildman–Crippen MR) is 529 cm³/mol. The second kappa shape index (κ2) is 47.7. The van der Waals surface area contributed by atoms with Gasteiger partial charge in [0.25, 0.3) is 0 Å². The number of carbonyl (C=O) groups excluding carboxylic acids is 2. The number of aryl methyl sites for hydroxylation is 17. The van der Waals surface area contributed by atoms with E-state index < -0.39 is 29.0 Å². The maximum atomic E-state index is 13.6. The van der Waals surface area contributed by atoms with Gasteiger partial charge in [-0.25, -0.2) is 37.7 Å². The standard InChI is InChI=1S/C42H42O6.C30H33N3O6.C21H34O2.C20H34O/c1-23-13-27(5)37(43)33(17-23)21-35-19-25(3)15-29(7)39(35)47-41(45)31-9-11-32(12-10-31)42(46)48-40-30(8)16-26(4)20-36(40)22-34-18-24(2)14-28(6)38(34)44;1-16-7-22(8-17(2)25(16)34)13-31-28(37)32(14-23-9-18(3)26(35)19(4)10-23)30(39)33(29(31)38)15-24-11-20(5)27(36)21(6)12-24;1-6-7-8-9-10-11-14-22-20-16(2)15-19-18(17(20)3)12-13-21(4,5)23-19;1-4-5-6-7-8-9-10-11-12-13-16-21-20-15-14-18(2)17-19(20)3/h9-20,43-44H,21-22H2,1-8H3;7-12,34-36H,13-15H2,1-6H3;15H,6-14H2,1-5H3;14-15,17H,4-13,16H2,1-3H3. The lowest BCUT2D eigenvalue weighted by Gasteiger charge is -2.34. The van der Waals surface area contributed by atoms with Crippen molar-refractivity contribution in [3.8, 4) is 57.5 Å². The van der Waals surface area contributed by atoms with Crippen molar-refractivity contribution >= 4 is 11.9 Å². The van der Waals surface area contributed by atoms with Crippen LogP contribution in [0.1, 0.15) is 302 Å². The zero-order valence-corrected chi connectivity index (χ0v) is 82.0. The van der Waals surface area contributed by atoms with E-state index in [9.17, 15) is 49.5 Å². The fraction of sp³-hybridized carbons (Fsp3) is 0.425. The van der Waals surface area contributed by atoms with Gasteiger partial charge >= 0.3 is 29.0 Å². The van der Waals surface area contributed by atoms with Gasteiger partial charge in [-0.1, -0.05) is 229 Å². The lowest BCUT2D eigenvalue weighted by atomic mass is 9.90. The molecule has 0 aliphatic carbocycles. The molecule has 0 bridgehead atoms. The van der Waals surface area contributed by atoms with Gasteiger partial charge in [0.1, 0.15) is 63.1 Å². The third-order valence-electron chi connectivity index (χ3n) is 24.6. The number of aromatic hydroxyl groups is 5. The Kier molecular flexibility index (Phi) is 37.4. The minimum absolute atomic E-state index is 0.0489. The number of phenols is 5. The first kappa shape index (κ1) is 103. The van der Waals surface area contributed by atoms with Crippen LogP contribution in [0.25, 0.3) is 0 Å². The number of phenolic OH excluding ortho intramolecular Hbond substituents is 5. The van der Waals surface area contributed by atoms with Gasteiger partial charge in [-0.2, -0.15) is 0 Å². The lowest BCUT2D eigenvalue weighted by Crippen LogP contribution is -2.54. The molecule has 131 heavy (non-hydrogen) atoms. The third-order valence-corrected chi connectivity index (χ3v) is 24.6. The van der Waals surface area contributed by atoms with Crippen molar-refractivity contribution in [2.24, 2.45) is 0 Å². The molecule has 1 aliphatic rings. The van der Waals surface area contributed by atoms with Gasteiger partial charge in [0.15, 0.2) is 0 Å². The predicted octanol–water partition coefficient (Wildman–Crippen LogP) is 25.2. The topological polar surface area (TPSA) is 247 Å². The maximum absolute atomic E-state index is 13.6. The third kappa shape index (κ3) is 28.5. The molecule has 18 nitrogen and oxygen atoms in total. The van der Waals surface area contributed by atoms with E-state index in [0.717, 1.165) is 130 Å². The lowest BCUT2D eigenvalue weighted by molar-refractivity contribution is 0.0718. The Morgan fingerprint density at radius 2 is 0.656 bits per heavy atom. The first-order chi connectivity index (χ1) is 62.1. The molecule has 2 heterocycles. The Hall–Kier alpha value is -12.1. The molecular formula is C113H143N3O15. The highest BCUT2D eigenvalue weighted by molar-refractivity contribution is 5.95.